The summed E-state index contributed by atoms with van der Waals surface area (Å²) in [5.74, 6) is -11.1. The summed E-state index contributed by atoms with van der Waals surface area (Å²) in [5.41, 5.74) is 3.20. The van der Waals surface area contributed by atoms with Crippen LogP contribution in [0.3, 0.4) is 0 Å². The van der Waals surface area contributed by atoms with E-state index >= 15 is 0 Å². The van der Waals surface area contributed by atoms with E-state index in [4.69, 9.17) is 9.15 Å². The summed E-state index contributed by atoms with van der Waals surface area (Å²) < 4.78 is 132. The van der Waals surface area contributed by atoms with Gasteiger partial charge in [0.1, 0.15) is 43.0 Å². The molecule has 3 aliphatic rings. The van der Waals surface area contributed by atoms with Gasteiger partial charge in [-0.15, -0.1) is 0 Å². The SMILES string of the molecule is CC[N+](CC)=c1ccc2c(C(C)(C)C)cc(/C=C/C=C/C=C3/N(CCCCCC(=O)NCC(=O)NC(C(=O)NC(C)C(=O)NC(CC=O)C(=O)COC(=O)c4ccccc4)C(C(F)(F)F)C(F)(F)F)c4ccc(S(=O)(=O)O)cc4C3(C)C)oc-2c1. The summed E-state index contributed by atoms with van der Waals surface area (Å²) in [5, 5.41) is 8.22. The van der Waals surface area contributed by atoms with E-state index in [2.05, 4.69) is 56.6 Å². The van der Waals surface area contributed by atoms with Crippen molar-refractivity contribution < 1.29 is 82.0 Å². The van der Waals surface area contributed by atoms with Crippen LogP contribution in [-0.2, 0) is 54.5 Å². The lowest BCUT2D eigenvalue weighted by Crippen LogP contribution is -2.62. The first-order valence-corrected chi connectivity index (χ1v) is 28.8. The summed E-state index contributed by atoms with van der Waals surface area (Å²) in [7, 11) is -4.57. The van der Waals surface area contributed by atoms with Crippen molar-refractivity contribution in [3.8, 4) is 11.3 Å². The fourth-order valence-corrected chi connectivity index (χ4v) is 10.1. The number of benzene rings is 3. The second-order valence-electron chi connectivity index (χ2n) is 21.7. The Labute approximate surface area is 488 Å². The molecule has 2 aromatic carbocycles. The molecular weight excluding hydrogens is 1140 g/mol. The number of anilines is 1. The lowest BCUT2D eigenvalue weighted by molar-refractivity contribution is -0.289. The zero-order chi connectivity index (χ0) is 63.2. The zero-order valence-corrected chi connectivity index (χ0v) is 49.1. The van der Waals surface area contributed by atoms with Gasteiger partial charge in [-0.05, 0) is 105 Å². The molecule has 2 aromatic rings. The van der Waals surface area contributed by atoms with Gasteiger partial charge < -0.3 is 40.1 Å². The average Bonchev–Trinajstić information content (AvgIpc) is 1.74. The average molecular weight is 1210 g/mol. The van der Waals surface area contributed by atoms with E-state index in [-0.39, 0.29) is 35.0 Å². The number of fused-ring (bicyclic) bond motifs is 2. The number of allylic oxidation sites excluding steroid dienone is 5. The first-order valence-electron chi connectivity index (χ1n) is 27.3. The van der Waals surface area contributed by atoms with Crippen molar-refractivity contribution in [2.45, 2.75) is 134 Å². The van der Waals surface area contributed by atoms with Crippen LogP contribution in [0.1, 0.15) is 115 Å². The maximum absolute atomic E-state index is 14.1. The van der Waals surface area contributed by atoms with Crippen molar-refractivity contribution in [3.05, 3.63) is 131 Å². The third-order valence-corrected chi connectivity index (χ3v) is 15.0. The van der Waals surface area contributed by atoms with Gasteiger partial charge in [0.25, 0.3) is 10.1 Å². The Morgan fingerprint density at radius 2 is 1.48 bits per heavy atom. The lowest BCUT2D eigenvalue weighted by Gasteiger charge is -2.31. The molecule has 0 bridgehead atoms. The number of hydrogen-bond donors (Lipinski definition) is 5. The van der Waals surface area contributed by atoms with Gasteiger partial charge in [-0.1, -0.05) is 77.5 Å². The van der Waals surface area contributed by atoms with Crippen LogP contribution in [0, 0.1) is 5.92 Å². The molecule has 0 saturated carbocycles. The van der Waals surface area contributed by atoms with Crippen LogP contribution in [0.15, 0.2) is 112 Å². The Balaban J connectivity index is 1.22. The second-order valence-corrected chi connectivity index (χ2v) is 23.1. The van der Waals surface area contributed by atoms with Gasteiger partial charge >= 0.3 is 18.3 Å². The first kappa shape index (κ1) is 67.9. The molecular formula is C60H71F6N6O12S+. The molecule has 4 amide bonds. The van der Waals surface area contributed by atoms with Gasteiger partial charge in [-0.25, -0.2) is 9.37 Å². The Kier molecular flexibility index (Phi) is 23.0. The summed E-state index contributed by atoms with van der Waals surface area (Å²) in [6, 6.07) is 12.7. The van der Waals surface area contributed by atoms with Gasteiger partial charge in [0.2, 0.25) is 29.0 Å². The number of carbonyl (C=O) groups is 7. The van der Waals surface area contributed by atoms with Gasteiger partial charge in [0, 0.05) is 47.8 Å². The molecule has 2 aliphatic heterocycles. The number of ketones is 1. The van der Waals surface area contributed by atoms with Gasteiger partial charge in [-0.3, -0.25) is 28.5 Å². The molecule has 5 N–H and O–H groups in total. The molecule has 1 aliphatic carbocycles. The molecule has 460 valence electrons. The third-order valence-electron chi connectivity index (χ3n) is 14.1. The topological polar surface area (TPSA) is 251 Å². The molecule has 25 heteroatoms. The van der Waals surface area contributed by atoms with Crippen LogP contribution in [0.5, 0.6) is 0 Å². The minimum atomic E-state index is -6.19. The maximum atomic E-state index is 14.1. The fraction of sp³-hybridized carbons (Fsp3) is 0.433. The number of esters is 1. The zero-order valence-electron chi connectivity index (χ0n) is 48.3. The Morgan fingerprint density at radius 3 is 2.09 bits per heavy atom. The number of unbranched alkanes of at least 4 members (excludes halogenated alkanes) is 2. The van der Waals surface area contributed by atoms with E-state index < -0.39 is 107 Å². The number of ether oxygens (including phenoxy) is 1. The Hall–Kier alpha value is -7.93. The predicted molar refractivity (Wildman–Crippen MR) is 304 cm³/mol. The fourth-order valence-electron chi connectivity index (χ4n) is 9.61. The number of rotatable bonds is 26. The number of hydrogen-bond acceptors (Lipinski definition) is 12. The second kappa shape index (κ2) is 28.8. The van der Waals surface area contributed by atoms with Crippen LogP contribution in [0.4, 0.5) is 32.0 Å². The summed E-state index contributed by atoms with van der Waals surface area (Å²) >= 11 is 0. The molecule has 0 aromatic heterocycles. The van der Waals surface area contributed by atoms with Crippen molar-refractivity contribution in [3.63, 3.8) is 0 Å². The van der Waals surface area contributed by atoms with E-state index in [9.17, 15) is 72.9 Å². The number of amides is 4. The number of alkyl halides is 6. The van der Waals surface area contributed by atoms with Gasteiger partial charge in [0.15, 0.2) is 18.3 Å². The third kappa shape index (κ3) is 18.3. The summed E-state index contributed by atoms with van der Waals surface area (Å²) in [6.45, 7) is 15.1. The maximum Gasteiger partial charge on any atom is 0.403 e. The van der Waals surface area contributed by atoms with E-state index in [1.54, 1.807) is 17.4 Å². The molecule has 3 atom stereocenters. The highest BCUT2D eigenvalue weighted by atomic mass is 32.2. The Bertz CT molecular complexity index is 3330. The number of Topliss-reactive ketones (excluding diaryl/α,β-unsaturated/α-hetero) is 1. The predicted octanol–water partition coefficient (Wildman–Crippen LogP) is 7.90. The normalized spacial score (nSPS) is 15.2. The standard InChI is InChI=1S/C60H70F6N6O12S/c1-9-71(10-2)39-25-27-42-43(57(4,5)6)33-40(84-48(42)32-39)22-16-12-17-23-49-58(7,8)44-34-41(85(80,81)82)26-28-46(44)72(49)30-19-13-18-24-50(75)67-35-51(76)70-52(53(59(61,62)63)60(64,65)66)55(78)68-37(3)54(77)69-45(29-31-73)47(74)36-83-56(79)38-20-14-11-15-21-38/h11-12,14-17,20-23,25-28,31-34,37,45,52-53H,9-10,13,18-19,24,29-30,35-36H2,1-8H3,(H4-,67,68,69,70,75,76,77,78,80,81,82)/p+1. The molecule has 85 heavy (non-hydrogen) atoms. The number of halogens is 6. The summed E-state index contributed by atoms with van der Waals surface area (Å²) in [6.07, 6.45) is -2.98. The molecule has 3 unspecified atom stereocenters. The number of nitrogens with zero attached hydrogens (tertiary/aromatic N) is 2. The smallest absolute Gasteiger partial charge is 0.403 e. The summed E-state index contributed by atoms with van der Waals surface area (Å²) in [4.78, 5) is 90.1. The van der Waals surface area contributed by atoms with E-state index in [0.717, 1.165) is 48.0 Å². The minimum Gasteiger partial charge on any atom is -0.456 e. The number of nitrogens with one attached hydrogen (secondary N) is 4. The molecule has 2 heterocycles. The van der Waals surface area contributed by atoms with E-state index in [1.807, 2.05) is 66.6 Å². The van der Waals surface area contributed by atoms with Crippen LogP contribution >= 0.6 is 0 Å². The van der Waals surface area contributed by atoms with Crippen LogP contribution < -0.4 is 36.1 Å². The number of carbonyl (C=O) groups excluding carboxylic acids is 7. The van der Waals surface area contributed by atoms with E-state index in [1.165, 1.54) is 41.7 Å². The molecule has 0 spiro atoms. The number of aldehydes is 1. The van der Waals surface area contributed by atoms with Gasteiger partial charge in [-0.2, -0.15) is 34.8 Å². The van der Waals surface area contributed by atoms with Crippen molar-refractivity contribution in [2.75, 3.05) is 37.7 Å². The Morgan fingerprint density at radius 1 is 0.812 bits per heavy atom. The highest BCUT2D eigenvalue weighted by molar-refractivity contribution is 7.85. The van der Waals surface area contributed by atoms with Crippen molar-refractivity contribution in [1.82, 2.24) is 25.8 Å². The molecule has 5 rings (SSSR count). The van der Waals surface area contributed by atoms with Gasteiger partial charge in [0.05, 0.1) is 29.1 Å². The van der Waals surface area contributed by atoms with Crippen molar-refractivity contribution >= 4 is 63.5 Å². The lowest BCUT2D eigenvalue weighted by atomic mass is 9.83. The highest BCUT2D eigenvalue weighted by Crippen LogP contribution is 2.49. The monoisotopic (exact) mass is 1210 g/mol. The largest absolute Gasteiger partial charge is 0.456 e. The van der Waals surface area contributed by atoms with Crippen LogP contribution in [-0.4, -0.2) is 118 Å². The van der Waals surface area contributed by atoms with Crippen LogP contribution in [0.25, 0.3) is 17.4 Å². The molecule has 0 saturated heterocycles. The van der Waals surface area contributed by atoms with Crippen LogP contribution in [0.2, 0.25) is 0 Å². The molecule has 18 nitrogen and oxygen atoms in total. The minimum absolute atomic E-state index is 0.0536. The molecule has 0 fully saturated rings. The molecule has 0 radical (unpaired) electrons. The first-order chi connectivity index (χ1) is 39.7. The highest BCUT2D eigenvalue weighted by Gasteiger charge is 2.62. The van der Waals surface area contributed by atoms with E-state index in [0.29, 0.717) is 36.4 Å². The van der Waals surface area contributed by atoms with Crippen molar-refractivity contribution in [1.29, 1.82) is 0 Å². The quantitative estimate of drug-likeness (QED) is 0.00764. The van der Waals surface area contributed by atoms with Crippen molar-refractivity contribution in [2.24, 2.45) is 5.92 Å².